The smallest absolute Gasteiger partial charge is 0.408 e. The van der Waals surface area contributed by atoms with Gasteiger partial charge in [0.25, 0.3) is 5.69 Å². The predicted octanol–water partition coefficient (Wildman–Crippen LogP) is 3.16. The molecule has 0 aliphatic carbocycles. The number of carbonyl (C=O) groups excluding carboxylic acids is 6. The van der Waals surface area contributed by atoms with Crippen molar-refractivity contribution in [1.29, 1.82) is 0 Å². The number of urea groups is 1. The Bertz CT molecular complexity index is 2240. The van der Waals surface area contributed by atoms with Gasteiger partial charge in [0.05, 0.1) is 11.3 Å². The van der Waals surface area contributed by atoms with E-state index in [4.69, 9.17) is 10.5 Å². The first kappa shape index (κ1) is 47.2. The van der Waals surface area contributed by atoms with Crippen molar-refractivity contribution in [2.45, 2.75) is 89.1 Å². The number of H-pyrrole nitrogens is 1. The summed E-state index contributed by atoms with van der Waals surface area (Å²) in [6, 6.07) is 14.8. The number of aromatic nitrogens is 1. The number of nitrogens with two attached hydrogens (primary N) is 1. The highest BCUT2D eigenvalue weighted by Gasteiger charge is 2.33. The van der Waals surface area contributed by atoms with Crippen LogP contribution in [0, 0.1) is 10.1 Å². The number of rotatable bonds is 21. The number of non-ortho nitro benzene ring substituents is 1. The number of benzene rings is 3. The van der Waals surface area contributed by atoms with Crippen LogP contribution < -0.4 is 37.6 Å². The number of ether oxygens (including phenoxy) is 1. The minimum absolute atomic E-state index is 0.0197. The molecular formula is C42H51N9O11. The van der Waals surface area contributed by atoms with Crippen molar-refractivity contribution in [3.63, 3.8) is 0 Å². The molecule has 0 fully saturated rings. The van der Waals surface area contributed by atoms with E-state index >= 15 is 0 Å². The van der Waals surface area contributed by atoms with Gasteiger partial charge in [0.15, 0.2) is 0 Å². The van der Waals surface area contributed by atoms with Crippen LogP contribution in [0.3, 0.4) is 0 Å². The maximum atomic E-state index is 14.1. The molecule has 1 heterocycles. The van der Waals surface area contributed by atoms with Gasteiger partial charge in [-0.15, -0.1) is 0 Å². The van der Waals surface area contributed by atoms with Crippen LogP contribution in [0.4, 0.5) is 21.0 Å². The first-order valence-corrected chi connectivity index (χ1v) is 19.7. The monoisotopic (exact) mass is 857 g/mol. The number of carboxylic acids is 1. The molecule has 330 valence electrons. The van der Waals surface area contributed by atoms with Gasteiger partial charge in [-0.25, -0.2) is 9.59 Å². The fourth-order valence-corrected chi connectivity index (χ4v) is 6.27. The number of fused-ring (bicyclic) bond motifs is 1. The zero-order valence-corrected chi connectivity index (χ0v) is 34.4. The molecule has 4 aromatic rings. The molecule has 0 saturated heterocycles. The second-order valence-corrected chi connectivity index (χ2v) is 15.3. The molecule has 10 N–H and O–H groups in total. The molecule has 4 atom stereocenters. The zero-order chi connectivity index (χ0) is 45.4. The highest BCUT2D eigenvalue weighted by molar-refractivity contribution is 5.97. The molecule has 1 aromatic heterocycles. The van der Waals surface area contributed by atoms with Crippen LogP contribution in [0.15, 0.2) is 85.1 Å². The number of nitrogens with zero attached hydrogens (tertiary/aromatic N) is 1. The lowest BCUT2D eigenvalue weighted by atomic mass is 10.0. The van der Waals surface area contributed by atoms with Gasteiger partial charge in [0.1, 0.15) is 29.8 Å². The van der Waals surface area contributed by atoms with Crippen LogP contribution in [-0.4, -0.2) is 93.0 Å². The number of hydrogen-bond donors (Lipinski definition) is 9. The lowest BCUT2D eigenvalue weighted by Crippen LogP contribution is -2.59. The summed E-state index contributed by atoms with van der Waals surface area (Å²) in [5.74, 6) is -5.16. The third kappa shape index (κ3) is 15.3. The van der Waals surface area contributed by atoms with Crippen molar-refractivity contribution in [1.82, 2.24) is 31.6 Å². The van der Waals surface area contributed by atoms with Crippen molar-refractivity contribution in [3.8, 4) is 0 Å². The number of primary amides is 1. The van der Waals surface area contributed by atoms with Gasteiger partial charge in [-0.3, -0.25) is 34.1 Å². The number of nitrogens with one attached hydrogen (secondary N) is 7. The number of aliphatic carboxylic acids is 1. The predicted molar refractivity (Wildman–Crippen MR) is 227 cm³/mol. The molecule has 0 bridgehead atoms. The van der Waals surface area contributed by atoms with Crippen molar-refractivity contribution in [2.75, 3.05) is 11.9 Å². The lowest BCUT2D eigenvalue weighted by molar-refractivity contribution is -0.384. The Labute approximate surface area is 356 Å². The minimum Gasteiger partial charge on any atom is -0.481 e. The van der Waals surface area contributed by atoms with Gasteiger partial charge in [0.2, 0.25) is 23.6 Å². The van der Waals surface area contributed by atoms with E-state index in [0.717, 1.165) is 10.9 Å². The minimum atomic E-state index is -1.72. The summed E-state index contributed by atoms with van der Waals surface area (Å²) in [7, 11) is 0. The van der Waals surface area contributed by atoms with Crippen LogP contribution in [0.1, 0.15) is 57.6 Å². The van der Waals surface area contributed by atoms with Crippen molar-refractivity contribution < 1.29 is 48.3 Å². The van der Waals surface area contributed by atoms with E-state index in [0.29, 0.717) is 11.1 Å². The summed E-state index contributed by atoms with van der Waals surface area (Å²) in [6.45, 7) is 4.99. The number of anilines is 1. The summed E-state index contributed by atoms with van der Waals surface area (Å²) in [6.07, 6.45) is 0.126. The standard InChI is InChI=1S/C42H51N9O11/c1-42(2,3)62-41(59)50-33(21-26-24-45-30-17-8-7-16-29(26)30)38(56)47-31(18-9-10-19-44-40(58)46-27-14-11-15-28(22-27)51(60)61)37(55)49-34(23-35(52)53)39(57)48-32(36(43)54)20-25-12-5-4-6-13-25/h4-8,11-17,22,24,31-34,45H,9-10,18-21,23H2,1-3H3,(H2,43,54)(H,47,56)(H,48,57)(H,49,55)(H,50,59)(H,52,53)(H2,44,46,58)/t31-,32-,33-,34-/m0/s1. The van der Waals surface area contributed by atoms with Gasteiger partial charge >= 0.3 is 18.1 Å². The van der Waals surface area contributed by atoms with Gasteiger partial charge < -0.3 is 52.5 Å². The number of nitro benzene ring substituents is 1. The summed E-state index contributed by atoms with van der Waals surface area (Å²) in [5.41, 5.74) is 6.68. The second-order valence-electron chi connectivity index (χ2n) is 15.3. The second kappa shape index (κ2) is 22.2. The Morgan fingerprint density at radius 1 is 0.790 bits per heavy atom. The fourth-order valence-electron chi connectivity index (χ4n) is 6.27. The fraction of sp³-hybridized carbons (Fsp3) is 0.357. The van der Waals surface area contributed by atoms with E-state index in [1.54, 1.807) is 63.4 Å². The number of carbonyl (C=O) groups is 7. The third-order valence-corrected chi connectivity index (χ3v) is 9.21. The number of alkyl carbamates (subject to hydrolysis) is 1. The summed E-state index contributed by atoms with van der Waals surface area (Å²) in [4.78, 5) is 105. The number of carboxylic acid groups (broad SMARTS) is 1. The molecule has 3 aromatic carbocycles. The number of hydrogen-bond acceptors (Lipinski definition) is 10. The average molecular weight is 858 g/mol. The topological polar surface area (TPSA) is 306 Å². The van der Waals surface area contributed by atoms with Crippen LogP contribution in [-0.2, 0) is 41.6 Å². The Morgan fingerprint density at radius 3 is 2.11 bits per heavy atom. The molecule has 20 heteroatoms. The molecule has 0 saturated carbocycles. The number of amides is 7. The third-order valence-electron chi connectivity index (χ3n) is 9.21. The van der Waals surface area contributed by atoms with E-state index in [1.165, 1.54) is 24.3 Å². The Balaban J connectivity index is 1.53. The molecule has 62 heavy (non-hydrogen) atoms. The molecule has 0 unspecified atom stereocenters. The summed E-state index contributed by atoms with van der Waals surface area (Å²) in [5, 5.41) is 36.7. The van der Waals surface area contributed by atoms with Gasteiger partial charge in [0, 0.05) is 54.3 Å². The Hall–Kier alpha value is -7.51. The van der Waals surface area contributed by atoms with Gasteiger partial charge in [-0.1, -0.05) is 54.6 Å². The van der Waals surface area contributed by atoms with Crippen LogP contribution in [0.2, 0.25) is 0 Å². The van der Waals surface area contributed by atoms with Gasteiger partial charge in [-0.2, -0.15) is 0 Å². The molecule has 0 aliphatic heterocycles. The first-order valence-electron chi connectivity index (χ1n) is 19.7. The molecule has 4 rings (SSSR count). The molecule has 0 aliphatic rings. The molecule has 20 nitrogen and oxygen atoms in total. The Morgan fingerprint density at radius 2 is 1.44 bits per heavy atom. The SMILES string of the molecule is CC(C)(C)OC(=O)N[C@@H](Cc1c[nH]c2ccccc12)C(=O)N[C@@H](CCCCNC(=O)Nc1cccc([N+](=O)[O-])c1)C(=O)N[C@@H](CC(=O)O)C(=O)N[C@@H](Cc1ccccc1)C(N)=O. The quantitative estimate of drug-likeness (QED) is 0.0333. The number of unbranched alkanes of at least 4 members (excludes halogenated alkanes) is 1. The largest absolute Gasteiger partial charge is 0.481 e. The normalized spacial score (nSPS) is 13.0. The number of para-hydroxylation sites is 1. The maximum Gasteiger partial charge on any atom is 0.408 e. The molecule has 7 amide bonds. The van der Waals surface area contributed by atoms with Crippen molar-refractivity contribution >= 4 is 64.0 Å². The van der Waals surface area contributed by atoms with E-state index < -0.39 is 82.8 Å². The van der Waals surface area contributed by atoms with E-state index in [1.807, 2.05) is 18.2 Å². The number of aromatic amines is 1. The van der Waals surface area contributed by atoms with Crippen LogP contribution >= 0.6 is 0 Å². The maximum absolute atomic E-state index is 14.1. The zero-order valence-electron chi connectivity index (χ0n) is 34.4. The first-order chi connectivity index (χ1) is 29.4. The summed E-state index contributed by atoms with van der Waals surface area (Å²) >= 11 is 0. The average Bonchev–Trinajstić information content (AvgIpc) is 3.61. The summed E-state index contributed by atoms with van der Waals surface area (Å²) < 4.78 is 5.42. The lowest BCUT2D eigenvalue weighted by Gasteiger charge is -2.27. The van der Waals surface area contributed by atoms with E-state index in [9.17, 15) is 48.8 Å². The van der Waals surface area contributed by atoms with E-state index in [-0.39, 0.29) is 50.0 Å². The number of nitro groups is 1. The van der Waals surface area contributed by atoms with Crippen molar-refractivity contribution in [3.05, 3.63) is 106 Å². The molecule has 0 spiro atoms. The highest BCUT2D eigenvalue weighted by atomic mass is 16.6. The molecule has 0 radical (unpaired) electrons. The molecular weight excluding hydrogens is 807 g/mol. The Kier molecular flexibility index (Phi) is 16.9. The van der Waals surface area contributed by atoms with Crippen LogP contribution in [0.5, 0.6) is 0 Å². The van der Waals surface area contributed by atoms with Crippen molar-refractivity contribution in [2.24, 2.45) is 5.73 Å². The van der Waals surface area contributed by atoms with Gasteiger partial charge in [-0.05, 0) is 63.3 Å². The highest BCUT2D eigenvalue weighted by Crippen LogP contribution is 2.20. The van der Waals surface area contributed by atoms with Crippen LogP contribution in [0.25, 0.3) is 10.9 Å². The van der Waals surface area contributed by atoms with E-state index in [2.05, 4.69) is 36.9 Å².